The van der Waals surface area contributed by atoms with Crippen LogP contribution in [0.4, 0.5) is 10.1 Å². The lowest BCUT2D eigenvalue weighted by Crippen LogP contribution is -2.29. The first-order valence-electron chi connectivity index (χ1n) is 7.54. The van der Waals surface area contributed by atoms with Gasteiger partial charge in [0.2, 0.25) is 11.8 Å². The van der Waals surface area contributed by atoms with Crippen molar-refractivity contribution >= 4 is 23.4 Å². The number of halogens is 1. The predicted octanol–water partition coefficient (Wildman–Crippen LogP) is 2.41. The molecule has 1 aliphatic rings. The van der Waals surface area contributed by atoms with E-state index < -0.39 is 5.91 Å². The van der Waals surface area contributed by atoms with Crippen molar-refractivity contribution in [3.05, 3.63) is 65.5 Å². The molecule has 0 unspecified atom stereocenters. The van der Waals surface area contributed by atoms with Crippen LogP contribution in [-0.4, -0.2) is 17.7 Å². The highest BCUT2D eigenvalue weighted by Crippen LogP contribution is 2.23. The molecule has 0 atom stereocenters. The summed E-state index contributed by atoms with van der Waals surface area (Å²) in [5, 5.41) is 2.63. The Labute approximate surface area is 138 Å². The number of hydrogen-bond donors (Lipinski definition) is 1. The fourth-order valence-corrected chi connectivity index (χ4v) is 2.57. The third-order valence-electron chi connectivity index (χ3n) is 3.82. The van der Waals surface area contributed by atoms with Gasteiger partial charge in [-0.15, -0.1) is 0 Å². The number of imide groups is 1. The summed E-state index contributed by atoms with van der Waals surface area (Å²) in [7, 11) is 0. The van der Waals surface area contributed by atoms with Crippen molar-refractivity contribution in [2.75, 3.05) is 4.90 Å². The van der Waals surface area contributed by atoms with Crippen molar-refractivity contribution in [1.82, 2.24) is 5.32 Å². The maximum atomic E-state index is 13.6. The SMILES string of the molecule is O=C(NCc1ccccc1F)c1cccc(N2C(=O)CCC2=O)c1. The lowest BCUT2D eigenvalue weighted by Gasteiger charge is -2.15. The number of nitrogens with zero attached hydrogens (tertiary/aromatic N) is 1. The minimum Gasteiger partial charge on any atom is -0.348 e. The highest BCUT2D eigenvalue weighted by atomic mass is 19.1. The number of rotatable bonds is 4. The average molecular weight is 326 g/mol. The van der Waals surface area contributed by atoms with Crippen LogP contribution in [0.5, 0.6) is 0 Å². The fraction of sp³-hybridized carbons (Fsp3) is 0.167. The van der Waals surface area contributed by atoms with Crippen LogP contribution in [-0.2, 0) is 16.1 Å². The lowest BCUT2D eigenvalue weighted by molar-refractivity contribution is -0.121. The van der Waals surface area contributed by atoms with Crippen molar-refractivity contribution in [3.8, 4) is 0 Å². The topological polar surface area (TPSA) is 66.5 Å². The maximum Gasteiger partial charge on any atom is 0.251 e. The number of amides is 3. The Morgan fingerprint density at radius 2 is 1.75 bits per heavy atom. The lowest BCUT2D eigenvalue weighted by atomic mass is 10.1. The van der Waals surface area contributed by atoms with E-state index in [2.05, 4.69) is 5.32 Å². The van der Waals surface area contributed by atoms with E-state index in [0.717, 1.165) is 4.90 Å². The summed E-state index contributed by atoms with van der Waals surface area (Å²) in [4.78, 5) is 36.9. The van der Waals surface area contributed by atoms with Gasteiger partial charge in [-0.1, -0.05) is 24.3 Å². The number of hydrogen-bond acceptors (Lipinski definition) is 3. The van der Waals surface area contributed by atoms with Gasteiger partial charge in [0.25, 0.3) is 5.91 Å². The molecule has 3 amide bonds. The minimum atomic E-state index is -0.404. The molecule has 122 valence electrons. The van der Waals surface area contributed by atoms with Gasteiger partial charge in [0.1, 0.15) is 5.82 Å². The van der Waals surface area contributed by atoms with E-state index in [9.17, 15) is 18.8 Å². The molecule has 2 aromatic carbocycles. The molecule has 1 aliphatic heterocycles. The van der Waals surface area contributed by atoms with Crippen LogP contribution in [0, 0.1) is 5.82 Å². The fourth-order valence-electron chi connectivity index (χ4n) is 2.57. The molecule has 1 saturated heterocycles. The van der Waals surface area contributed by atoms with E-state index in [-0.39, 0.29) is 37.0 Å². The highest BCUT2D eigenvalue weighted by Gasteiger charge is 2.30. The maximum absolute atomic E-state index is 13.6. The molecule has 2 aromatic rings. The molecule has 1 heterocycles. The molecule has 0 aliphatic carbocycles. The van der Waals surface area contributed by atoms with Crippen LogP contribution in [0.3, 0.4) is 0 Å². The largest absolute Gasteiger partial charge is 0.348 e. The summed E-state index contributed by atoms with van der Waals surface area (Å²) in [6.07, 6.45) is 0.366. The van der Waals surface area contributed by atoms with Crippen molar-refractivity contribution in [1.29, 1.82) is 0 Å². The quantitative estimate of drug-likeness (QED) is 0.878. The molecule has 24 heavy (non-hydrogen) atoms. The van der Waals surface area contributed by atoms with Gasteiger partial charge in [0, 0.05) is 30.5 Å². The van der Waals surface area contributed by atoms with E-state index in [4.69, 9.17) is 0 Å². The Morgan fingerprint density at radius 3 is 2.46 bits per heavy atom. The summed E-state index contributed by atoms with van der Waals surface area (Å²) in [6.45, 7) is 0.0529. The molecule has 0 bridgehead atoms. The molecule has 3 rings (SSSR count). The van der Waals surface area contributed by atoms with E-state index >= 15 is 0 Å². The first-order valence-corrected chi connectivity index (χ1v) is 7.54. The first-order chi connectivity index (χ1) is 11.6. The first kappa shape index (κ1) is 15.9. The Hall–Kier alpha value is -3.02. The number of anilines is 1. The van der Waals surface area contributed by atoms with E-state index in [1.54, 1.807) is 36.4 Å². The highest BCUT2D eigenvalue weighted by molar-refractivity contribution is 6.20. The van der Waals surface area contributed by atoms with Gasteiger partial charge in [-0.3, -0.25) is 19.3 Å². The molecular weight excluding hydrogens is 311 g/mol. The summed E-state index contributed by atoms with van der Waals surface area (Å²) < 4.78 is 13.6. The zero-order chi connectivity index (χ0) is 17.1. The summed E-state index contributed by atoms with van der Waals surface area (Å²) in [6, 6.07) is 12.5. The molecule has 0 saturated carbocycles. The normalized spacial score (nSPS) is 14.1. The Balaban J connectivity index is 1.74. The molecule has 0 aromatic heterocycles. The number of carbonyl (C=O) groups excluding carboxylic acids is 3. The molecule has 0 spiro atoms. The van der Waals surface area contributed by atoms with Gasteiger partial charge >= 0.3 is 0 Å². The van der Waals surface area contributed by atoms with Gasteiger partial charge in [-0.25, -0.2) is 4.39 Å². The minimum absolute atomic E-state index is 0.0529. The van der Waals surface area contributed by atoms with Gasteiger partial charge in [-0.05, 0) is 24.3 Å². The van der Waals surface area contributed by atoms with Crippen LogP contribution >= 0.6 is 0 Å². The second-order valence-electron chi connectivity index (χ2n) is 5.45. The van der Waals surface area contributed by atoms with Crippen molar-refractivity contribution in [2.24, 2.45) is 0 Å². The second kappa shape index (κ2) is 6.62. The van der Waals surface area contributed by atoms with Gasteiger partial charge in [0.15, 0.2) is 0 Å². The van der Waals surface area contributed by atoms with Crippen LogP contribution < -0.4 is 10.2 Å². The zero-order valence-electron chi connectivity index (χ0n) is 12.8. The number of benzene rings is 2. The third kappa shape index (κ3) is 3.17. The summed E-state index contributed by atoms with van der Waals surface area (Å²) >= 11 is 0. The van der Waals surface area contributed by atoms with Crippen LogP contribution in [0.25, 0.3) is 0 Å². The van der Waals surface area contributed by atoms with Gasteiger partial charge < -0.3 is 5.32 Å². The van der Waals surface area contributed by atoms with Crippen molar-refractivity contribution < 1.29 is 18.8 Å². The molecule has 1 N–H and O–H groups in total. The molecular formula is C18H15FN2O3. The third-order valence-corrected chi connectivity index (χ3v) is 3.82. The van der Waals surface area contributed by atoms with Crippen LogP contribution in [0.15, 0.2) is 48.5 Å². The van der Waals surface area contributed by atoms with Crippen molar-refractivity contribution in [3.63, 3.8) is 0 Å². The second-order valence-corrected chi connectivity index (χ2v) is 5.45. The summed E-state index contributed by atoms with van der Waals surface area (Å²) in [5.74, 6) is -1.34. The Kier molecular flexibility index (Phi) is 4.37. The predicted molar refractivity (Wildman–Crippen MR) is 85.7 cm³/mol. The molecule has 1 fully saturated rings. The van der Waals surface area contributed by atoms with E-state index in [0.29, 0.717) is 16.8 Å². The van der Waals surface area contributed by atoms with Gasteiger partial charge in [-0.2, -0.15) is 0 Å². The van der Waals surface area contributed by atoms with E-state index in [1.165, 1.54) is 12.1 Å². The van der Waals surface area contributed by atoms with E-state index in [1.807, 2.05) is 0 Å². The molecule has 5 nitrogen and oxygen atoms in total. The zero-order valence-corrected chi connectivity index (χ0v) is 12.8. The standard InChI is InChI=1S/C18H15FN2O3/c19-15-7-2-1-4-13(15)11-20-18(24)12-5-3-6-14(10-12)21-16(22)8-9-17(21)23/h1-7,10H,8-9,11H2,(H,20,24). The van der Waals surface area contributed by atoms with Gasteiger partial charge in [0.05, 0.1) is 5.69 Å². The smallest absolute Gasteiger partial charge is 0.251 e. The average Bonchev–Trinajstić information content (AvgIpc) is 2.92. The van der Waals surface area contributed by atoms with Crippen LogP contribution in [0.1, 0.15) is 28.8 Å². The number of carbonyl (C=O) groups is 3. The van der Waals surface area contributed by atoms with Crippen molar-refractivity contribution in [2.45, 2.75) is 19.4 Å². The monoisotopic (exact) mass is 326 g/mol. The Morgan fingerprint density at radius 1 is 1.04 bits per heavy atom. The Bertz CT molecular complexity index is 803. The molecule has 6 heteroatoms. The summed E-state index contributed by atoms with van der Waals surface area (Å²) in [5.41, 5.74) is 1.06. The van der Waals surface area contributed by atoms with Crippen LogP contribution in [0.2, 0.25) is 0 Å². The molecule has 0 radical (unpaired) electrons. The number of nitrogens with one attached hydrogen (secondary N) is 1.